The first kappa shape index (κ1) is 24.5. The van der Waals surface area contributed by atoms with E-state index in [2.05, 4.69) is 10.6 Å². The van der Waals surface area contributed by atoms with Gasteiger partial charge in [-0.25, -0.2) is 0 Å². The van der Waals surface area contributed by atoms with Crippen LogP contribution in [0.1, 0.15) is 39.0 Å². The highest BCUT2D eigenvalue weighted by Gasteiger charge is 2.31. The quantitative estimate of drug-likeness (QED) is 0.353. The van der Waals surface area contributed by atoms with Gasteiger partial charge in [0, 0.05) is 6.54 Å². The topological polar surface area (TPSA) is 105 Å². The van der Waals surface area contributed by atoms with E-state index < -0.39 is 17.9 Å². The largest absolute Gasteiger partial charge is 0.467 e. The Morgan fingerprint density at radius 1 is 0.833 bits per heavy atom. The Morgan fingerprint density at radius 2 is 1.56 bits per heavy atom. The lowest BCUT2D eigenvalue weighted by Gasteiger charge is -2.31. The Kier molecular flexibility index (Phi) is 7.97. The second-order valence-electron chi connectivity index (χ2n) is 8.28. The summed E-state index contributed by atoms with van der Waals surface area (Å²) in [5.74, 6) is -0.601. The Bertz CT molecular complexity index is 1270. The second-order valence-corrected chi connectivity index (χ2v) is 8.28. The van der Waals surface area contributed by atoms with Gasteiger partial charge in [-0.05, 0) is 42.3 Å². The average Bonchev–Trinajstić information content (AvgIpc) is 3.62. The summed E-state index contributed by atoms with van der Waals surface area (Å²) in [7, 11) is 0. The highest BCUT2D eigenvalue weighted by atomic mass is 16.3. The van der Waals surface area contributed by atoms with Gasteiger partial charge in [0.25, 0.3) is 5.91 Å². The van der Waals surface area contributed by atoms with Gasteiger partial charge in [-0.2, -0.15) is 0 Å². The van der Waals surface area contributed by atoms with Crippen LogP contribution in [0.3, 0.4) is 0 Å². The van der Waals surface area contributed by atoms with Crippen molar-refractivity contribution in [1.29, 1.82) is 0 Å². The molecule has 2 N–H and O–H groups in total. The number of nitrogens with zero attached hydrogens (tertiary/aromatic N) is 1. The van der Waals surface area contributed by atoms with Gasteiger partial charge in [0.1, 0.15) is 11.8 Å². The first-order valence-corrected chi connectivity index (χ1v) is 11.5. The van der Waals surface area contributed by atoms with E-state index in [4.69, 9.17) is 8.83 Å². The summed E-state index contributed by atoms with van der Waals surface area (Å²) in [5, 5.41) is 5.46. The number of hydrogen-bond donors (Lipinski definition) is 2. The van der Waals surface area contributed by atoms with E-state index in [9.17, 15) is 14.4 Å². The lowest BCUT2D eigenvalue weighted by atomic mass is 10.0. The number of hydrogen-bond acceptors (Lipinski definition) is 5. The van der Waals surface area contributed by atoms with E-state index in [0.717, 1.165) is 11.1 Å². The fraction of sp³-hybridized carbons (Fsp3) is 0.179. The van der Waals surface area contributed by atoms with E-state index in [-0.39, 0.29) is 31.3 Å². The van der Waals surface area contributed by atoms with Crippen LogP contribution in [0.15, 0.2) is 100 Å². The molecule has 8 nitrogen and oxygen atoms in total. The molecule has 3 amide bonds. The predicted molar refractivity (Wildman–Crippen MR) is 133 cm³/mol. The van der Waals surface area contributed by atoms with Crippen LogP contribution in [0.5, 0.6) is 0 Å². The van der Waals surface area contributed by atoms with Crippen LogP contribution in [0, 0.1) is 6.92 Å². The number of rotatable bonds is 10. The van der Waals surface area contributed by atoms with Crippen molar-refractivity contribution in [1.82, 2.24) is 15.5 Å². The van der Waals surface area contributed by atoms with Crippen molar-refractivity contribution in [2.45, 2.75) is 26.1 Å². The summed E-state index contributed by atoms with van der Waals surface area (Å²) in [4.78, 5) is 40.9. The monoisotopic (exact) mass is 485 g/mol. The molecule has 4 aromatic rings. The van der Waals surface area contributed by atoms with Crippen molar-refractivity contribution in [2.75, 3.05) is 6.54 Å². The first-order valence-electron chi connectivity index (χ1n) is 11.5. The van der Waals surface area contributed by atoms with Gasteiger partial charge in [-0.15, -0.1) is 0 Å². The number of furan rings is 2. The van der Waals surface area contributed by atoms with E-state index in [1.54, 1.807) is 30.3 Å². The summed E-state index contributed by atoms with van der Waals surface area (Å²) < 4.78 is 10.4. The van der Waals surface area contributed by atoms with Crippen LogP contribution in [-0.2, 0) is 22.7 Å². The molecule has 0 aliphatic rings. The van der Waals surface area contributed by atoms with Crippen LogP contribution in [0.2, 0.25) is 0 Å². The number of aryl methyl sites for hydroxylation is 1. The van der Waals surface area contributed by atoms with Crippen LogP contribution >= 0.6 is 0 Å². The molecule has 0 bridgehead atoms. The minimum atomic E-state index is -0.935. The molecule has 0 aliphatic carbocycles. The third-order valence-electron chi connectivity index (χ3n) is 5.63. The normalized spacial score (nSPS) is 11.5. The maximum absolute atomic E-state index is 13.5. The molecule has 8 heteroatoms. The van der Waals surface area contributed by atoms with Crippen LogP contribution in [0.4, 0.5) is 0 Å². The summed E-state index contributed by atoms with van der Waals surface area (Å²) in [6.07, 6.45) is 2.92. The summed E-state index contributed by atoms with van der Waals surface area (Å²) in [6, 6.07) is 22.5. The molecule has 0 radical (unpaired) electrons. The van der Waals surface area contributed by atoms with Crippen molar-refractivity contribution in [2.24, 2.45) is 0 Å². The molecule has 0 aliphatic heterocycles. The Labute approximate surface area is 208 Å². The van der Waals surface area contributed by atoms with Crippen molar-refractivity contribution >= 4 is 17.7 Å². The number of nitrogens with one attached hydrogen (secondary N) is 2. The van der Waals surface area contributed by atoms with Crippen molar-refractivity contribution < 1.29 is 23.2 Å². The lowest BCUT2D eigenvalue weighted by Crippen LogP contribution is -2.46. The molecule has 0 saturated heterocycles. The summed E-state index contributed by atoms with van der Waals surface area (Å²) in [6.45, 7) is 2.02. The van der Waals surface area contributed by atoms with E-state index in [1.807, 2.05) is 49.4 Å². The van der Waals surface area contributed by atoms with E-state index in [1.165, 1.54) is 23.5 Å². The summed E-state index contributed by atoms with van der Waals surface area (Å²) >= 11 is 0. The molecule has 2 aromatic heterocycles. The Hall–Kier alpha value is -4.59. The van der Waals surface area contributed by atoms with Crippen LogP contribution in [0.25, 0.3) is 0 Å². The van der Waals surface area contributed by atoms with Gasteiger partial charge in [-0.3, -0.25) is 14.4 Å². The highest BCUT2D eigenvalue weighted by molar-refractivity contribution is 5.95. The molecule has 0 saturated carbocycles. The zero-order chi connectivity index (χ0) is 25.3. The molecule has 1 unspecified atom stereocenters. The fourth-order valence-corrected chi connectivity index (χ4v) is 3.76. The molecule has 36 heavy (non-hydrogen) atoms. The highest BCUT2D eigenvalue weighted by Crippen LogP contribution is 2.24. The zero-order valence-corrected chi connectivity index (χ0v) is 19.8. The minimum absolute atomic E-state index is 0.101. The average molecular weight is 486 g/mol. The minimum Gasteiger partial charge on any atom is -0.467 e. The van der Waals surface area contributed by atoms with Gasteiger partial charge in [0.15, 0.2) is 5.76 Å². The fourth-order valence-electron chi connectivity index (χ4n) is 3.76. The Morgan fingerprint density at radius 3 is 2.22 bits per heavy atom. The maximum Gasteiger partial charge on any atom is 0.287 e. The Balaban J connectivity index is 1.61. The SMILES string of the molecule is Cc1ccc(CN(C(=O)CNC(=O)c2ccco2)C(C(=O)NCc2ccco2)c2ccccc2)cc1. The van der Waals surface area contributed by atoms with Crippen molar-refractivity contribution in [3.05, 3.63) is 120 Å². The van der Waals surface area contributed by atoms with Crippen LogP contribution < -0.4 is 10.6 Å². The van der Waals surface area contributed by atoms with E-state index in [0.29, 0.717) is 11.3 Å². The standard InChI is InChI=1S/C28H27N3O5/c1-20-11-13-21(14-12-20)19-31(25(32)18-30-27(33)24-10-6-16-36-24)26(22-7-3-2-4-8-22)28(34)29-17-23-9-5-15-35-23/h2-16,26H,17-19H2,1H3,(H,29,34)(H,30,33). The third-order valence-corrected chi connectivity index (χ3v) is 5.63. The third kappa shape index (κ3) is 6.29. The molecule has 2 aromatic carbocycles. The maximum atomic E-state index is 13.5. The zero-order valence-electron chi connectivity index (χ0n) is 19.8. The smallest absolute Gasteiger partial charge is 0.287 e. The molecule has 4 rings (SSSR count). The summed E-state index contributed by atoms with van der Waals surface area (Å²) in [5.41, 5.74) is 2.58. The second kappa shape index (κ2) is 11.7. The molecule has 1 atom stereocenters. The molecule has 0 spiro atoms. The van der Waals surface area contributed by atoms with Gasteiger partial charge in [-0.1, -0.05) is 60.2 Å². The molecule has 0 fully saturated rings. The lowest BCUT2D eigenvalue weighted by molar-refractivity contribution is -0.141. The first-order chi connectivity index (χ1) is 17.5. The molecule has 2 heterocycles. The molecule has 184 valence electrons. The van der Waals surface area contributed by atoms with Crippen LogP contribution in [-0.4, -0.2) is 29.2 Å². The van der Waals surface area contributed by atoms with Gasteiger partial charge < -0.3 is 24.4 Å². The van der Waals surface area contributed by atoms with Gasteiger partial charge in [0.05, 0.1) is 25.6 Å². The number of carbonyl (C=O) groups is 3. The number of benzene rings is 2. The van der Waals surface area contributed by atoms with Crippen molar-refractivity contribution in [3.8, 4) is 0 Å². The van der Waals surface area contributed by atoms with Crippen molar-refractivity contribution in [3.63, 3.8) is 0 Å². The predicted octanol–water partition coefficient (Wildman–Crippen LogP) is 4.00. The number of amides is 3. The van der Waals surface area contributed by atoms with E-state index >= 15 is 0 Å². The molecular weight excluding hydrogens is 458 g/mol. The van der Waals surface area contributed by atoms with Gasteiger partial charge in [0.2, 0.25) is 11.8 Å². The number of carbonyl (C=O) groups excluding carboxylic acids is 3. The molecular formula is C28H27N3O5. The van der Waals surface area contributed by atoms with Gasteiger partial charge >= 0.3 is 0 Å².